The Kier molecular flexibility index (Phi) is 0.896. The molecule has 2 rings (SSSR count). The Hall–Kier alpha value is 0.430. The van der Waals surface area contributed by atoms with Crippen molar-refractivity contribution in [1.29, 1.82) is 0 Å². The Labute approximate surface area is 50.7 Å². The molecule has 0 amide bonds. The Morgan fingerprint density at radius 1 is 1.57 bits per heavy atom. The molecule has 1 saturated heterocycles. The van der Waals surface area contributed by atoms with Crippen molar-refractivity contribution in [3.05, 3.63) is 12.2 Å². The fraction of sp³-hybridized carbons (Fsp3) is 0.600. The van der Waals surface area contributed by atoms with E-state index in [1.807, 2.05) is 0 Å². The Morgan fingerprint density at radius 2 is 2.57 bits per heavy atom. The molecule has 0 saturated carbocycles. The van der Waals surface area contributed by atoms with Crippen molar-refractivity contribution in [3.63, 3.8) is 0 Å². The molecule has 0 N–H and O–H groups in total. The van der Waals surface area contributed by atoms with Gasteiger partial charge >= 0.3 is 50.4 Å². The SMILES string of the molecule is C1=CCI2OC2C1. The summed E-state index contributed by atoms with van der Waals surface area (Å²) in [6, 6.07) is 0. The summed E-state index contributed by atoms with van der Waals surface area (Å²) in [5.41, 5.74) is 0. The van der Waals surface area contributed by atoms with Crippen LogP contribution in [0.3, 0.4) is 0 Å². The monoisotopic (exact) mass is 210 g/mol. The molecule has 1 atom stereocenters. The average molecular weight is 210 g/mol. The predicted molar refractivity (Wildman–Crippen MR) is 37.5 cm³/mol. The van der Waals surface area contributed by atoms with Crippen molar-refractivity contribution >= 4 is 20.2 Å². The van der Waals surface area contributed by atoms with Crippen LogP contribution in [0.1, 0.15) is 6.42 Å². The van der Waals surface area contributed by atoms with Crippen molar-refractivity contribution < 1.29 is 3.07 Å². The van der Waals surface area contributed by atoms with Gasteiger partial charge in [0.15, 0.2) is 0 Å². The molecule has 2 aliphatic rings. The summed E-state index contributed by atoms with van der Waals surface area (Å²) in [7, 11) is 0. The summed E-state index contributed by atoms with van der Waals surface area (Å²) in [4.78, 5) is 0. The van der Waals surface area contributed by atoms with Gasteiger partial charge in [-0.25, -0.2) is 0 Å². The van der Waals surface area contributed by atoms with Crippen molar-refractivity contribution in [2.24, 2.45) is 0 Å². The first-order valence-corrected chi connectivity index (χ1v) is 6.09. The van der Waals surface area contributed by atoms with E-state index in [0.29, 0.717) is 0 Å². The topological polar surface area (TPSA) is 12.5 Å². The minimum atomic E-state index is -0.659. The number of allylic oxidation sites excluding steroid dienone is 1. The summed E-state index contributed by atoms with van der Waals surface area (Å²) >= 11 is -0.659. The zero-order valence-corrected chi connectivity index (χ0v) is 6.09. The third kappa shape index (κ3) is 0.700. The molecule has 0 aromatic rings. The van der Waals surface area contributed by atoms with Crippen molar-refractivity contribution in [3.8, 4) is 0 Å². The molecule has 0 spiro atoms. The van der Waals surface area contributed by atoms with E-state index >= 15 is 0 Å². The van der Waals surface area contributed by atoms with Crippen LogP contribution in [0.5, 0.6) is 0 Å². The van der Waals surface area contributed by atoms with Gasteiger partial charge in [0.05, 0.1) is 0 Å². The molecule has 1 nitrogen and oxygen atoms in total. The number of hydrogen-bond acceptors (Lipinski definition) is 1. The van der Waals surface area contributed by atoms with Gasteiger partial charge in [-0.05, 0) is 0 Å². The van der Waals surface area contributed by atoms with Crippen LogP contribution < -0.4 is 0 Å². The molecule has 0 radical (unpaired) electrons. The van der Waals surface area contributed by atoms with Gasteiger partial charge in [0.2, 0.25) is 0 Å². The van der Waals surface area contributed by atoms with E-state index in [1.54, 1.807) is 0 Å². The fourth-order valence-electron chi connectivity index (χ4n) is 0.730. The van der Waals surface area contributed by atoms with E-state index in [4.69, 9.17) is 3.07 Å². The van der Waals surface area contributed by atoms with Crippen molar-refractivity contribution in [2.75, 3.05) is 4.43 Å². The molecule has 1 unspecified atom stereocenters. The molecule has 0 aromatic carbocycles. The first kappa shape index (κ1) is 4.32. The third-order valence-electron chi connectivity index (χ3n) is 1.18. The number of rotatable bonds is 0. The van der Waals surface area contributed by atoms with Crippen LogP contribution in [-0.4, -0.2) is 8.54 Å². The molecular weight excluding hydrogens is 203 g/mol. The Balaban J connectivity index is 2.10. The molecule has 2 heteroatoms. The third-order valence-corrected chi connectivity index (χ3v) is 5.63. The first-order chi connectivity index (χ1) is 3.47. The van der Waals surface area contributed by atoms with Crippen LogP contribution in [0, 0.1) is 0 Å². The second kappa shape index (κ2) is 1.45. The molecule has 7 heavy (non-hydrogen) atoms. The molecule has 2 heterocycles. The van der Waals surface area contributed by atoms with Crippen LogP contribution in [0.25, 0.3) is 0 Å². The molecule has 0 aliphatic carbocycles. The molecule has 2 aliphatic heterocycles. The second-order valence-corrected chi connectivity index (χ2v) is 6.50. The van der Waals surface area contributed by atoms with Gasteiger partial charge in [0.1, 0.15) is 0 Å². The summed E-state index contributed by atoms with van der Waals surface area (Å²) in [6.07, 6.45) is 5.74. The van der Waals surface area contributed by atoms with E-state index in [2.05, 4.69) is 12.2 Å². The number of fused-ring (bicyclic) bond motifs is 1. The normalized spacial score (nSPS) is 40.6. The summed E-state index contributed by atoms with van der Waals surface area (Å²) in [5.74, 6) is 0. The van der Waals surface area contributed by atoms with Gasteiger partial charge in [-0.3, -0.25) is 0 Å². The van der Waals surface area contributed by atoms with Gasteiger partial charge in [-0.15, -0.1) is 0 Å². The molecule has 1 fully saturated rings. The second-order valence-electron chi connectivity index (χ2n) is 1.71. The summed E-state index contributed by atoms with van der Waals surface area (Å²) in [5, 5.41) is 0. The molecule has 0 bridgehead atoms. The number of hydrogen-bond donors (Lipinski definition) is 0. The van der Waals surface area contributed by atoms with Crippen molar-refractivity contribution in [1.82, 2.24) is 0 Å². The summed E-state index contributed by atoms with van der Waals surface area (Å²) in [6.45, 7) is 0. The van der Waals surface area contributed by atoms with E-state index in [9.17, 15) is 0 Å². The quantitative estimate of drug-likeness (QED) is 0.256. The van der Waals surface area contributed by atoms with Crippen LogP contribution in [0.15, 0.2) is 12.2 Å². The number of alkyl halides is 2. The molecular formula is C5H7IO. The van der Waals surface area contributed by atoms with Crippen molar-refractivity contribution in [2.45, 2.75) is 10.5 Å². The molecule has 40 valence electrons. The standard InChI is InChI=1S/C5H7IO/c1-2-4-6-5(3-1)7-6/h1-2,5H,3-4H2. The average Bonchev–Trinajstić information content (AvgIpc) is 2.41. The fourth-order valence-corrected chi connectivity index (χ4v) is 4.94. The molecule has 0 aromatic heterocycles. The van der Waals surface area contributed by atoms with Crippen LogP contribution >= 0.6 is 20.2 Å². The van der Waals surface area contributed by atoms with Gasteiger partial charge in [0.25, 0.3) is 0 Å². The van der Waals surface area contributed by atoms with E-state index in [-0.39, 0.29) is 0 Å². The number of halogens is 1. The summed E-state index contributed by atoms with van der Waals surface area (Å²) < 4.78 is 7.46. The Bertz CT molecular complexity index is 98.6. The van der Waals surface area contributed by atoms with Crippen LogP contribution in [-0.2, 0) is 3.07 Å². The predicted octanol–water partition coefficient (Wildman–Crippen LogP) is 1.72. The maximum atomic E-state index is 5.37. The zero-order valence-electron chi connectivity index (χ0n) is 3.93. The van der Waals surface area contributed by atoms with E-state index in [0.717, 1.165) is 4.11 Å². The van der Waals surface area contributed by atoms with Gasteiger partial charge in [0, 0.05) is 0 Å². The van der Waals surface area contributed by atoms with Gasteiger partial charge < -0.3 is 0 Å². The maximum absolute atomic E-state index is 5.37. The Morgan fingerprint density at radius 3 is 3.14 bits per heavy atom. The van der Waals surface area contributed by atoms with Crippen LogP contribution in [0.4, 0.5) is 0 Å². The van der Waals surface area contributed by atoms with E-state index < -0.39 is 20.2 Å². The van der Waals surface area contributed by atoms with Gasteiger partial charge in [-0.2, -0.15) is 0 Å². The van der Waals surface area contributed by atoms with Gasteiger partial charge in [-0.1, -0.05) is 0 Å². The first-order valence-electron chi connectivity index (χ1n) is 2.43. The van der Waals surface area contributed by atoms with Crippen LogP contribution in [0.2, 0.25) is 0 Å². The minimum absolute atomic E-state index is 0.659. The van der Waals surface area contributed by atoms with E-state index in [1.165, 1.54) is 10.8 Å². The zero-order chi connectivity index (χ0) is 4.69.